The van der Waals surface area contributed by atoms with E-state index in [4.69, 9.17) is 14.6 Å². The van der Waals surface area contributed by atoms with Crippen molar-refractivity contribution in [1.29, 1.82) is 0 Å². The molecule has 0 bridgehead atoms. The number of carboxylic acid groups (broad SMARTS) is 1. The highest BCUT2D eigenvalue weighted by molar-refractivity contribution is 5.70. The molecule has 0 radical (unpaired) electrons. The topological polar surface area (TPSA) is 79.3 Å². The van der Waals surface area contributed by atoms with E-state index in [-0.39, 0.29) is 35.6 Å². The van der Waals surface area contributed by atoms with Crippen molar-refractivity contribution in [2.45, 2.75) is 77.5 Å². The van der Waals surface area contributed by atoms with Crippen molar-refractivity contribution in [3.05, 3.63) is 53.9 Å². The lowest BCUT2D eigenvalue weighted by Gasteiger charge is -2.40. The molecule has 2 aliphatic carbocycles. The van der Waals surface area contributed by atoms with E-state index in [1.54, 1.807) is 6.07 Å². The molecule has 1 aromatic rings. The predicted molar refractivity (Wildman–Crippen MR) is 144 cm³/mol. The van der Waals surface area contributed by atoms with Gasteiger partial charge in [-0.15, -0.1) is 0 Å². The SMILES string of the molecule is CC(C)(C)OC(=O)N(C1CCN(CCOc2ccc(CC(=O)O)c(F)c2)CC1)[C@@H]1C[C@H]1C1(C)C=CC=CC1. The first-order chi connectivity index (χ1) is 17.9. The second-order valence-electron chi connectivity index (χ2n) is 12.0. The van der Waals surface area contributed by atoms with Crippen molar-refractivity contribution in [1.82, 2.24) is 9.80 Å². The van der Waals surface area contributed by atoms with E-state index in [9.17, 15) is 14.0 Å². The largest absolute Gasteiger partial charge is 0.492 e. The summed E-state index contributed by atoms with van der Waals surface area (Å²) in [6.45, 7) is 10.8. The molecular weight excluding hydrogens is 487 g/mol. The number of aliphatic carboxylic acids is 1. The molecule has 3 aliphatic rings. The van der Waals surface area contributed by atoms with Gasteiger partial charge >= 0.3 is 12.1 Å². The van der Waals surface area contributed by atoms with Gasteiger partial charge in [-0.05, 0) is 69.4 Å². The Hall–Kier alpha value is -2.87. The molecule has 1 aliphatic heterocycles. The third kappa shape index (κ3) is 7.16. The molecule has 3 atom stereocenters. The van der Waals surface area contributed by atoms with Crippen LogP contribution in [0.15, 0.2) is 42.5 Å². The minimum Gasteiger partial charge on any atom is -0.492 e. The van der Waals surface area contributed by atoms with Crippen LogP contribution in [0.2, 0.25) is 0 Å². The summed E-state index contributed by atoms with van der Waals surface area (Å²) in [5.41, 5.74) is -0.326. The number of nitrogens with zero attached hydrogens (tertiary/aromatic N) is 2. The van der Waals surface area contributed by atoms with E-state index in [1.807, 2.05) is 25.7 Å². The number of hydrogen-bond acceptors (Lipinski definition) is 5. The lowest BCUT2D eigenvalue weighted by molar-refractivity contribution is -0.136. The van der Waals surface area contributed by atoms with E-state index in [1.165, 1.54) is 12.1 Å². The molecule has 1 saturated carbocycles. The van der Waals surface area contributed by atoms with Gasteiger partial charge in [-0.2, -0.15) is 0 Å². The van der Waals surface area contributed by atoms with Crippen LogP contribution in [0.1, 0.15) is 58.9 Å². The first-order valence-electron chi connectivity index (χ1n) is 13.7. The third-order valence-corrected chi connectivity index (χ3v) is 7.84. The molecule has 1 heterocycles. The van der Waals surface area contributed by atoms with E-state index in [2.05, 4.69) is 36.1 Å². The van der Waals surface area contributed by atoms with Crippen LogP contribution < -0.4 is 4.74 Å². The molecule has 8 heteroatoms. The van der Waals surface area contributed by atoms with Gasteiger partial charge in [0.1, 0.15) is 23.8 Å². The van der Waals surface area contributed by atoms with E-state index in [0.29, 0.717) is 24.8 Å². The molecule has 1 amide bonds. The van der Waals surface area contributed by atoms with Crippen molar-refractivity contribution in [2.24, 2.45) is 11.3 Å². The molecule has 1 unspecified atom stereocenters. The Labute approximate surface area is 225 Å². The first-order valence-corrected chi connectivity index (χ1v) is 13.7. The van der Waals surface area contributed by atoms with Crippen LogP contribution in [0.5, 0.6) is 5.75 Å². The Morgan fingerprint density at radius 3 is 2.55 bits per heavy atom. The number of allylic oxidation sites excluding steroid dienone is 4. The fourth-order valence-corrected chi connectivity index (χ4v) is 5.72. The molecule has 1 aromatic carbocycles. The molecule has 1 N–H and O–H groups in total. The Balaban J connectivity index is 1.30. The summed E-state index contributed by atoms with van der Waals surface area (Å²) >= 11 is 0. The van der Waals surface area contributed by atoms with Crippen molar-refractivity contribution >= 4 is 12.1 Å². The Bertz CT molecular complexity index is 1070. The van der Waals surface area contributed by atoms with Crippen LogP contribution >= 0.6 is 0 Å². The number of rotatable bonds is 9. The molecule has 7 nitrogen and oxygen atoms in total. The quantitative estimate of drug-likeness (QED) is 0.460. The molecular formula is C30H41FN2O5. The van der Waals surface area contributed by atoms with Gasteiger partial charge in [0.2, 0.25) is 0 Å². The van der Waals surface area contributed by atoms with Gasteiger partial charge in [0, 0.05) is 37.8 Å². The Kier molecular flexibility index (Phi) is 8.50. The van der Waals surface area contributed by atoms with E-state index < -0.39 is 17.4 Å². The number of benzene rings is 1. The number of carbonyl (C=O) groups is 2. The Morgan fingerprint density at radius 2 is 1.95 bits per heavy atom. The minimum absolute atomic E-state index is 0.0724. The fourth-order valence-electron chi connectivity index (χ4n) is 5.72. The number of carbonyl (C=O) groups excluding carboxylic acids is 1. The van der Waals surface area contributed by atoms with Crippen molar-refractivity contribution in [3.8, 4) is 5.75 Å². The molecule has 2 fully saturated rings. The van der Waals surface area contributed by atoms with E-state index in [0.717, 1.165) is 38.8 Å². The van der Waals surface area contributed by atoms with Crippen LogP contribution in [-0.4, -0.2) is 70.9 Å². The monoisotopic (exact) mass is 528 g/mol. The molecule has 0 spiro atoms. The van der Waals surface area contributed by atoms with Crippen molar-refractivity contribution in [3.63, 3.8) is 0 Å². The number of hydrogen-bond donors (Lipinski definition) is 1. The van der Waals surface area contributed by atoms with Crippen LogP contribution in [0.4, 0.5) is 9.18 Å². The molecule has 4 rings (SSSR count). The molecule has 38 heavy (non-hydrogen) atoms. The standard InChI is InChI=1S/C30H41FN2O5/c1-29(2,3)38-28(36)33(26-20-24(26)30(4)12-6-5-7-13-30)22-10-14-32(15-11-22)16-17-37-23-9-8-21(18-27(34)35)25(31)19-23/h5-9,12,19,22,24,26H,10-11,13-18,20H2,1-4H3,(H,34,35)/t24-,26-,30?/m1/s1. The predicted octanol–water partition coefficient (Wildman–Crippen LogP) is 5.44. The highest BCUT2D eigenvalue weighted by atomic mass is 19.1. The summed E-state index contributed by atoms with van der Waals surface area (Å²) in [4.78, 5) is 28.5. The second kappa shape index (κ2) is 11.5. The smallest absolute Gasteiger partial charge is 0.410 e. The average Bonchev–Trinajstić information content (AvgIpc) is 3.62. The third-order valence-electron chi connectivity index (χ3n) is 7.84. The van der Waals surface area contributed by atoms with Gasteiger partial charge in [-0.1, -0.05) is 37.3 Å². The van der Waals surface area contributed by atoms with E-state index >= 15 is 0 Å². The number of piperidine rings is 1. The van der Waals surface area contributed by atoms with Gasteiger partial charge in [0.15, 0.2) is 0 Å². The lowest BCUT2D eigenvalue weighted by atomic mass is 9.78. The summed E-state index contributed by atoms with van der Waals surface area (Å²) in [7, 11) is 0. The number of amides is 1. The van der Waals surface area contributed by atoms with Gasteiger partial charge in [0.05, 0.1) is 6.42 Å². The number of likely N-dealkylation sites (tertiary alicyclic amines) is 1. The maximum Gasteiger partial charge on any atom is 0.410 e. The summed E-state index contributed by atoms with van der Waals surface area (Å²) in [6, 6.07) is 4.65. The molecule has 208 valence electrons. The maximum absolute atomic E-state index is 14.1. The maximum atomic E-state index is 14.1. The summed E-state index contributed by atoms with van der Waals surface area (Å²) in [5.74, 6) is -0.812. The Morgan fingerprint density at radius 1 is 1.21 bits per heavy atom. The summed E-state index contributed by atoms with van der Waals surface area (Å²) in [5, 5.41) is 8.86. The minimum atomic E-state index is -1.07. The zero-order valence-electron chi connectivity index (χ0n) is 23.0. The number of carboxylic acids is 1. The van der Waals surface area contributed by atoms with Crippen LogP contribution in [-0.2, 0) is 16.0 Å². The zero-order valence-corrected chi connectivity index (χ0v) is 23.0. The summed E-state index contributed by atoms with van der Waals surface area (Å²) < 4.78 is 25.7. The molecule has 0 aromatic heterocycles. The second-order valence-corrected chi connectivity index (χ2v) is 12.0. The van der Waals surface area contributed by atoms with Gasteiger partial charge in [-0.25, -0.2) is 9.18 Å². The fraction of sp³-hybridized carbons (Fsp3) is 0.600. The van der Waals surface area contributed by atoms with Crippen LogP contribution in [0.3, 0.4) is 0 Å². The van der Waals surface area contributed by atoms with Gasteiger partial charge in [0.25, 0.3) is 0 Å². The highest BCUT2D eigenvalue weighted by Crippen LogP contribution is 2.53. The van der Waals surface area contributed by atoms with Gasteiger partial charge in [-0.3, -0.25) is 9.69 Å². The van der Waals surface area contributed by atoms with Crippen molar-refractivity contribution in [2.75, 3.05) is 26.2 Å². The zero-order chi connectivity index (χ0) is 27.5. The highest BCUT2D eigenvalue weighted by Gasteiger charge is 2.54. The average molecular weight is 529 g/mol. The van der Waals surface area contributed by atoms with Crippen LogP contribution in [0.25, 0.3) is 0 Å². The normalized spacial score (nSPS) is 25.7. The number of ether oxygens (including phenoxy) is 2. The van der Waals surface area contributed by atoms with Gasteiger partial charge < -0.3 is 19.5 Å². The van der Waals surface area contributed by atoms with Crippen molar-refractivity contribution < 1.29 is 28.6 Å². The lowest BCUT2D eigenvalue weighted by Crippen LogP contribution is -2.51. The van der Waals surface area contributed by atoms with Crippen LogP contribution in [0, 0.1) is 17.2 Å². The first kappa shape index (κ1) is 28.1. The molecule has 1 saturated heterocycles. The number of halogens is 1. The summed E-state index contributed by atoms with van der Waals surface area (Å²) in [6.07, 6.45) is 11.9.